The van der Waals surface area contributed by atoms with Gasteiger partial charge in [-0.05, 0) is 6.92 Å². The van der Waals surface area contributed by atoms with Crippen LogP contribution in [0.15, 0.2) is 5.38 Å². The van der Waals surface area contributed by atoms with Crippen LogP contribution in [0.25, 0.3) is 0 Å². The molecule has 13 heavy (non-hydrogen) atoms. The normalized spacial score (nSPS) is 19.2. The highest BCUT2D eigenvalue weighted by atomic mass is 32.1. The van der Waals surface area contributed by atoms with Crippen molar-refractivity contribution in [1.82, 2.24) is 15.2 Å². The number of hydrogen-bond donors (Lipinski definition) is 1. The first-order valence-electron chi connectivity index (χ1n) is 4.69. The van der Waals surface area contributed by atoms with Crippen molar-refractivity contribution < 1.29 is 0 Å². The second-order valence-corrected chi connectivity index (χ2v) is 4.35. The average Bonchev–Trinajstić information content (AvgIpc) is 2.53. The summed E-state index contributed by atoms with van der Waals surface area (Å²) in [6.45, 7) is 7.61. The molecule has 0 aromatic carbocycles. The minimum absolute atomic E-state index is 1.03. The van der Waals surface area contributed by atoms with Crippen molar-refractivity contribution in [3.63, 3.8) is 0 Å². The van der Waals surface area contributed by atoms with E-state index in [4.69, 9.17) is 0 Å². The zero-order chi connectivity index (χ0) is 9.10. The third-order valence-corrected chi connectivity index (χ3v) is 3.19. The third kappa shape index (κ3) is 2.49. The molecule has 0 radical (unpaired) electrons. The van der Waals surface area contributed by atoms with Crippen molar-refractivity contribution in [2.75, 3.05) is 26.2 Å². The van der Waals surface area contributed by atoms with Gasteiger partial charge in [0, 0.05) is 37.3 Å². The van der Waals surface area contributed by atoms with E-state index >= 15 is 0 Å². The zero-order valence-electron chi connectivity index (χ0n) is 7.92. The molecule has 1 aromatic rings. The Morgan fingerprint density at radius 1 is 1.54 bits per heavy atom. The summed E-state index contributed by atoms with van der Waals surface area (Å²) in [5.74, 6) is 0. The Balaban J connectivity index is 1.89. The maximum absolute atomic E-state index is 4.46. The maximum atomic E-state index is 4.46. The van der Waals surface area contributed by atoms with E-state index in [0.717, 1.165) is 38.4 Å². The van der Waals surface area contributed by atoms with E-state index in [1.54, 1.807) is 11.3 Å². The van der Waals surface area contributed by atoms with Gasteiger partial charge < -0.3 is 5.32 Å². The minimum Gasteiger partial charge on any atom is -0.314 e. The summed E-state index contributed by atoms with van der Waals surface area (Å²) in [6, 6.07) is 0. The average molecular weight is 197 g/mol. The van der Waals surface area contributed by atoms with Crippen LogP contribution >= 0.6 is 11.3 Å². The van der Waals surface area contributed by atoms with Crippen molar-refractivity contribution >= 4 is 11.3 Å². The summed E-state index contributed by atoms with van der Waals surface area (Å²) in [6.07, 6.45) is 0. The molecule has 1 aliphatic heterocycles. The van der Waals surface area contributed by atoms with Crippen molar-refractivity contribution in [2.45, 2.75) is 13.5 Å². The molecule has 4 heteroatoms. The van der Waals surface area contributed by atoms with Crippen LogP contribution in [0, 0.1) is 6.92 Å². The standard InChI is InChI=1S/C9H15N3S/c1-8-7-13-9(11-8)6-12-4-2-10-3-5-12/h7,10H,2-6H2,1H3. The molecule has 0 spiro atoms. The predicted molar refractivity (Wildman–Crippen MR) is 55.0 cm³/mol. The van der Waals surface area contributed by atoms with Gasteiger partial charge >= 0.3 is 0 Å². The smallest absolute Gasteiger partial charge is 0.107 e. The number of nitrogens with one attached hydrogen (secondary N) is 1. The van der Waals surface area contributed by atoms with E-state index in [9.17, 15) is 0 Å². The van der Waals surface area contributed by atoms with E-state index in [1.807, 2.05) is 0 Å². The lowest BCUT2D eigenvalue weighted by Gasteiger charge is -2.26. The molecule has 3 nitrogen and oxygen atoms in total. The summed E-state index contributed by atoms with van der Waals surface area (Å²) in [4.78, 5) is 6.91. The maximum Gasteiger partial charge on any atom is 0.107 e. The van der Waals surface area contributed by atoms with Crippen molar-refractivity contribution in [2.24, 2.45) is 0 Å². The van der Waals surface area contributed by atoms with Crippen molar-refractivity contribution in [3.05, 3.63) is 16.1 Å². The Morgan fingerprint density at radius 2 is 2.31 bits per heavy atom. The topological polar surface area (TPSA) is 28.2 Å². The molecule has 1 fully saturated rings. The van der Waals surface area contributed by atoms with Crippen molar-refractivity contribution in [3.8, 4) is 0 Å². The lowest BCUT2D eigenvalue weighted by molar-refractivity contribution is 0.233. The Kier molecular flexibility index (Phi) is 2.93. The van der Waals surface area contributed by atoms with Gasteiger partial charge in [-0.3, -0.25) is 4.90 Å². The molecule has 0 saturated carbocycles. The third-order valence-electron chi connectivity index (χ3n) is 2.24. The highest BCUT2D eigenvalue weighted by Gasteiger charge is 2.10. The van der Waals surface area contributed by atoms with Crippen molar-refractivity contribution in [1.29, 1.82) is 0 Å². The highest BCUT2D eigenvalue weighted by Crippen LogP contribution is 2.11. The van der Waals surface area contributed by atoms with Crippen LogP contribution < -0.4 is 5.32 Å². The number of piperazine rings is 1. The predicted octanol–water partition coefficient (Wildman–Crippen LogP) is 0.857. The van der Waals surface area contributed by atoms with Gasteiger partial charge in [-0.1, -0.05) is 0 Å². The van der Waals surface area contributed by atoms with Gasteiger partial charge in [-0.15, -0.1) is 11.3 Å². The van der Waals surface area contributed by atoms with Gasteiger partial charge in [0.15, 0.2) is 0 Å². The fraction of sp³-hybridized carbons (Fsp3) is 0.667. The van der Waals surface area contributed by atoms with Crippen LogP contribution in [0.5, 0.6) is 0 Å². The van der Waals surface area contributed by atoms with Gasteiger partial charge in [-0.2, -0.15) is 0 Å². The fourth-order valence-corrected chi connectivity index (χ4v) is 2.35. The summed E-state index contributed by atoms with van der Waals surface area (Å²) < 4.78 is 0. The van der Waals surface area contributed by atoms with Gasteiger partial charge in [-0.25, -0.2) is 4.98 Å². The Bertz CT molecular complexity index is 266. The van der Waals surface area contributed by atoms with E-state index in [2.05, 4.69) is 27.5 Å². The van der Waals surface area contributed by atoms with Gasteiger partial charge in [0.2, 0.25) is 0 Å². The minimum atomic E-state index is 1.03. The van der Waals surface area contributed by atoms with Gasteiger partial charge in [0.1, 0.15) is 5.01 Å². The molecule has 1 N–H and O–H groups in total. The monoisotopic (exact) mass is 197 g/mol. The molecule has 0 atom stereocenters. The molecule has 72 valence electrons. The molecule has 2 rings (SSSR count). The number of thiazole rings is 1. The first kappa shape index (κ1) is 9.12. The molecule has 1 aliphatic rings. The van der Waals surface area contributed by atoms with E-state index in [-0.39, 0.29) is 0 Å². The number of nitrogens with zero attached hydrogens (tertiary/aromatic N) is 2. The number of aryl methyl sites for hydroxylation is 1. The Hall–Kier alpha value is -0.450. The number of hydrogen-bond acceptors (Lipinski definition) is 4. The summed E-state index contributed by atoms with van der Waals surface area (Å²) in [5, 5.41) is 6.72. The van der Waals surface area contributed by atoms with Crippen LogP contribution in [0.3, 0.4) is 0 Å². The van der Waals surface area contributed by atoms with Crippen LogP contribution in [0.4, 0.5) is 0 Å². The zero-order valence-corrected chi connectivity index (χ0v) is 8.73. The molecule has 0 amide bonds. The second-order valence-electron chi connectivity index (χ2n) is 3.41. The Morgan fingerprint density at radius 3 is 2.92 bits per heavy atom. The largest absolute Gasteiger partial charge is 0.314 e. The van der Waals surface area contributed by atoms with Crippen LogP contribution in [-0.4, -0.2) is 36.1 Å². The van der Waals surface area contributed by atoms with E-state index in [0.29, 0.717) is 0 Å². The SMILES string of the molecule is Cc1csc(CN2CCNCC2)n1. The molecule has 1 aromatic heterocycles. The van der Waals surface area contributed by atoms with E-state index < -0.39 is 0 Å². The van der Waals surface area contributed by atoms with Crippen LogP contribution in [0.1, 0.15) is 10.7 Å². The first-order valence-corrected chi connectivity index (χ1v) is 5.56. The molecular weight excluding hydrogens is 182 g/mol. The van der Waals surface area contributed by atoms with Gasteiger partial charge in [0.25, 0.3) is 0 Å². The lowest BCUT2D eigenvalue weighted by atomic mass is 10.3. The summed E-state index contributed by atoms with van der Waals surface area (Å²) in [7, 11) is 0. The van der Waals surface area contributed by atoms with E-state index in [1.165, 1.54) is 5.01 Å². The first-order chi connectivity index (χ1) is 6.34. The quantitative estimate of drug-likeness (QED) is 0.762. The van der Waals surface area contributed by atoms with Crippen LogP contribution in [0.2, 0.25) is 0 Å². The fourth-order valence-electron chi connectivity index (χ4n) is 1.54. The number of rotatable bonds is 2. The molecule has 0 bridgehead atoms. The number of aromatic nitrogens is 1. The molecule has 1 saturated heterocycles. The molecule has 2 heterocycles. The summed E-state index contributed by atoms with van der Waals surface area (Å²) >= 11 is 1.77. The second kappa shape index (κ2) is 4.17. The molecule has 0 aliphatic carbocycles. The lowest BCUT2D eigenvalue weighted by Crippen LogP contribution is -2.42. The molecule has 0 unspecified atom stereocenters. The summed E-state index contributed by atoms with van der Waals surface area (Å²) in [5.41, 5.74) is 1.15. The Labute approximate surface area is 82.8 Å². The highest BCUT2D eigenvalue weighted by molar-refractivity contribution is 7.09. The van der Waals surface area contributed by atoms with Crippen LogP contribution in [-0.2, 0) is 6.54 Å². The van der Waals surface area contributed by atoms with Gasteiger partial charge in [0.05, 0.1) is 6.54 Å². The molecular formula is C9H15N3S.